The fraction of sp³-hybridized carbons (Fsp3) is 0.130. The van der Waals surface area contributed by atoms with Gasteiger partial charge < -0.3 is 4.74 Å². The van der Waals surface area contributed by atoms with E-state index >= 15 is 0 Å². The molecule has 4 heteroatoms. The lowest BCUT2D eigenvalue weighted by molar-refractivity contribution is 0.0958. The Kier molecular flexibility index (Phi) is 4.71. The summed E-state index contributed by atoms with van der Waals surface area (Å²) in [5.41, 5.74) is 3.09. The van der Waals surface area contributed by atoms with Crippen LogP contribution in [-0.2, 0) is 17.8 Å². The number of amides is 1. The van der Waals surface area contributed by atoms with Crippen LogP contribution in [0.1, 0.15) is 21.5 Å². The number of fused-ring (bicyclic) bond motifs is 1. The number of rotatable bonds is 4. The zero-order chi connectivity index (χ0) is 18.6. The molecule has 0 bridgehead atoms. The summed E-state index contributed by atoms with van der Waals surface area (Å²) in [7, 11) is 0. The van der Waals surface area contributed by atoms with Gasteiger partial charge in [-0.05, 0) is 23.3 Å². The van der Waals surface area contributed by atoms with Crippen LogP contribution in [-0.4, -0.2) is 17.9 Å². The number of carbonyl (C=O) groups excluding carboxylic acids is 2. The molecule has 1 unspecified atom stereocenters. The molecule has 3 aromatic rings. The number of ketones is 1. The molecule has 0 N–H and O–H groups in total. The molecule has 1 amide bonds. The van der Waals surface area contributed by atoms with Crippen molar-refractivity contribution in [3.63, 3.8) is 0 Å². The third-order valence-corrected chi connectivity index (χ3v) is 4.72. The van der Waals surface area contributed by atoms with E-state index in [4.69, 9.17) is 4.74 Å². The molecular weight excluding hydrogens is 338 g/mol. The molecule has 4 rings (SSSR count). The van der Waals surface area contributed by atoms with E-state index in [-0.39, 0.29) is 12.4 Å². The van der Waals surface area contributed by atoms with Crippen molar-refractivity contribution in [2.45, 2.75) is 19.1 Å². The summed E-state index contributed by atoms with van der Waals surface area (Å²) in [5, 5.41) is 0. The predicted molar refractivity (Wildman–Crippen MR) is 104 cm³/mol. The largest absolute Gasteiger partial charge is 0.444 e. The minimum absolute atomic E-state index is 0.0499. The van der Waals surface area contributed by atoms with Gasteiger partial charge in [0.1, 0.15) is 12.6 Å². The van der Waals surface area contributed by atoms with Gasteiger partial charge in [-0.25, -0.2) is 4.79 Å². The van der Waals surface area contributed by atoms with E-state index in [1.54, 1.807) is 12.1 Å². The van der Waals surface area contributed by atoms with Gasteiger partial charge in [-0.15, -0.1) is 0 Å². The second kappa shape index (κ2) is 7.46. The average molecular weight is 357 g/mol. The van der Waals surface area contributed by atoms with Gasteiger partial charge in [-0.3, -0.25) is 9.69 Å². The second-order valence-corrected chi connectivity index (χ2v) is 6.50. The number of Topliss-reactive ketones (excluding diaryl/α,β-unsaturated/α-hetero) is 1. The molecule has 27 heavy (non-hydrogen) atoms. The quantitative estimate of drug-likeness (QED) is 0.683. The Morgan fingerprint density at radius 3 is 2.11 bits per heavy atom. The van der Waals surface area contributed by atoms with E-state index in [0.717, 1.165) is 11.1 Å². The van der Waals surface area contributed by atoms with E-state index in [0.29, 0.717) is 17.7 Å². The molecule has 4 nitrogen and oxygen atoms in total. The summed E-state index contributed by atoms with van der Waals surface area (Å²) < 4.78 is 5.52. The first kappa shape index (κ1) is 17.0. The molecule has 0 saturated heterocycles. The first-order valence-corrected chi connectivity index (χ1v) is 8.91. The van der Waals surface area contributed by atoms with Crippen LogP contribution in [0.4, 0.5) is 10.5 Å². The third kappa shape index (κ3) is 3.47. The van der Waals surface area contributed by atoms with Crippen molar-refractivity contribution in [2.75, 3.05) is 4.90 Å². The van der Waals surface area contributed by atoms with Crippen molar-refractivity contribution in [1.82, 2.24) is 0 Å². The standard InChI is InChI=1S/C23H19NO3/c25-22-19-13-7-8-14-20(19)24(21(22)15-17-9-3-1-4-10-17)23(26)27-16-18-11-5-2-6-12-18/h1-14,21H,15-16H2. The molecule has 0 fully saturated rings. The number of hydrogen-bond acceptors (Lipinski definition) is 3. The molecule has 0 spiro atoms. The summed E-state index contributed by atoms with van der Waals surface area (Å²) in [5.74, 6) is -0.0499. The normalized spacial score (nSPS) is 15.5. The summed E-state index contributed by atoms with van der Waals surface area (Å²) in [6, 6.07) is 25.8. The number of para-hydroxylation sites is 1. The highest BCUT2D eigenvalue weighted by Gasteiger charge is 2.41. The van der Waals surface area contributed by atoms with E-state index in [1.807, 2.05) is 72.8 Å². The van der Waals surface area contributed by atoms with E-state index in [1.165, 1.54) is 4.90 Å². The maximum absolute atomic E-state index is 12.9. The van der Waals surface area contributed by atoms with Crippen LogP contribution in [0.3, 0.4) is 0 Å². The van der Waals surface area contributed by atoms with E-state index in [9.17, 15) is 9.59 Å². The minimum atomic E-state index is -0.590. The summed E-state index contributed by atoms with van der Waals surface area (Å²) in [4.78, 5) is 27.3. The van der Waals surface area contributed by atoms with Crippen molar-refractivity contribution in [3.05, 3.63) is 102 Å². The molecule has 0 aromatic heterocycles. The number of benzene rings is 3. The fourth-order valence-corrected chi connectivity index (χ4v) is 3.39. The highest BCUT2D eigenvalue weighted by atomic mass is 16.6. The third-order valence-electron chi connectivity index (χ3n) is 4.72. The van der Waals surface area contributed by atoms with Crippen LogP contribution in [0.15, 0.2) is 84.9 Å². The number of carbonyl (C=O) groups is 2. The maximum Gasteiger partial charge on any atom is 0.415 e. The van der Waals surface area contributed by atoms with Crippen LogP contribution in [0.5, 0.6) is 0 Å². The highest BCUT2D eigenvalue weighted by Crippen LogP contribution is 2.34. The van der Waals surface area contributed by atoms with Gasteiger partial charge in [0.2, 0.25) is 0 Å². The van der Waals surface area contributed by atoms with Crippen LogP contribution >= 0.6 is 0 Å². The summed E-state index contributed by atoms with van der Waals surface area (Å²) in [6.45, 7) is 0.171. The molecule has 0 saturated carbocycles. The first-order chi connectivity index (χ1) is 13.2. The lowest BCUT2D eigenvalue weighted by atomic mass is 10.0. The molecule has 134 valence electrons. The zero-order valence-corrected chi connectivity index (χ0v) is 14.7. The Balaban J connectivity index is 1.60. The van der Waals surface area contributed by atoms with Gasteiger partial charge in [-0.2, -0.15) is 0 Å². The first-order valence-electron chi connectivity index (χ1n) is 8.91. The van der Waals surface area contributed by atoms with Gasteiger partial charge in [0.25, 0.3) is 0 Å². The molecule has 1 atom stereocenters. The molecule has 1 aliphatic rings. The van der Waals surface area contributed by atoms with Crippen LogP contribution < -0.4 is 4.90 Å². The lowest BCUT2D eigenvalue weighted by Crippen LogP contribution is -2.42. The summed E-state index contributed by atoms with van der Waals surface area (Å²) >= 11 is 0. The Morgan fingerprint density at radius 2 is 1.41 bits per heavy atom. The van der Waals surface area contributed by atoms with Crippen molar-refractivity contribution >= 4 is 17.6 Å². The van der Waals surface area contributed by atoms with Crippen molar-refractivity contribution in [1.29, 1.82) is 0 Å². The van der Waals surface area contributed by atoms with Gasteiger partial charge in [0.15, 0.2) is 5.78 Å². The Bertz CT molecular complexity index is 954. The molecule has 3 aromatic carbocycles. The maximum atomic E-state index is 12.9. The molecule has 0 aliphatic carbocycles. The average Bonchev–Trinajstić information content (AvgIpc) is 3.00. The Labute approximate surface area is 158 Å². The molecule has 1 heterocycles. The monoisotopic (exact) mass is 357 g/mol. The molecular formula is C23H19NO3. The second-order valence-electron chi connectivity index (χ2n) is 6.50. The number of hydrogen-bond donors (Lipinski definition) is 0. The topological polar surface area (TPSA) is 46.6 Å². The van der Waals surface area contributed by atoms with Gasteiger partial charge in [0.05, 0.1) is 5.69 Å². The van der Waals surface area contributed by atoms with Crippen molar-refractivity contribution in [3.8, 4) is 0 Å². The summed E-state index contributed by atoms with van der Waals surface area (Å²) in [6.07, 6.45) is -0.0486. The van der Waals surface area contributed by atoms with Crippen molar-refractivity contribution < 1.29 is 14.3 Å². The van der Waals surface area contributed by atoms with Crippen molar-refractivity contribution in [2.24, 2.45) is 0 Å². The fourth-order valence-electron chi connectivity index (χ4n) is 3.39. The number of ether oxygens (including phenoxy) is 1. The lowest BCUT2D eigenvalue weighted by Gasteiger charge is -2.24. The van der Waals surface area contributed by atoms with Gasteiger partial charge >= 0.3 is 6.09 Å². The number of anilines is 1. The van der Waals surface area contributed by atoms with Gasteiger partial charge in [-0.1, -0.05) is 72.8 Å². The van der Waals surface area contributed by atoms with Crippen LogP contribution in [0, 0.1) is 0 Å². The smallest absolute Gasteiger partial charge is 0.415 e. The SMILES string of the molecule is O=C1c2ccccc2N(C(=O)OCc2ccccc2)C1Cc1ccccc1. The Morgan fingerprint density at radius 1 is 0.815 bits per heavy atom. The molecule has 0 radical (unpaired) electrons. The van der Waals surface area contributed by atoms with E-state index in [2.05, 4.69) is 0 Å². The van der Waals surface area contributed by atoms with Gasteiger partial charge in [0, 0.05) is 12.0 Å². The van der Waals surface area contributed by atoms with E-state index < -0.39 is 12.1 Å². The zero-order valence-electron chi connectivity index (χ0n) is 14.7. The van der Waals surface area contributed by atoms with Crippen LogP contribution in [0.2, 0.25) is 0 Å². The van der Waals surface area contributed by atoms with Crippen LogP contribution in [0.25, 0.3) is 0 Å². The highest BCUT2D eigenvalue weighted by molar-refractivity contribution is 6.16. The predicted octanol–water partition coefficient (Wildman–Crippen LogP) is 4.64. The molecule has 1 aliphatic heterocycles. The minimum Gasteiger partial charge on any atom is -0.444 e. The Hall–Kier alpha value is -3.40. The number of nitrogens with zero attached hydrogens (tertiary/aromatic N) is 1.